The Morgan fingerprint density at radius 2 is 1.95 bits per heavy atom. The van der Waals surface area contributed by atoms with E-state index in [1.54, 1.807) is 0 Å². The van der Waals surface area contributed by atoms with Gasteiger partial charge in [-0.05, 0) is 29.8 Å². The fraction of sp³-hybridized carbons (Fsp3) is 0.0625. The fourth-order valence-corrected chi connectivity index (χ4v) is 2.33. The lowest BCUT2D eigenvalue weighted by Gasteiger charge is -2.09. The number of hydrogen-bond donors (Lipinski definition) is 1. The Balaban J connectivity index is 1.86. The van der Waals surface area contributed by atoms with E-state index >= 15 is 0 Å². The van der Waals surface area contributed by atoms with Crippen molar-refractivity contribution in [3.8, 4) is 0 Å². The van der Waals surface area contributed by atoms with Crippen molar-refractivity contribution in [2.45, 2.75) is 6.54 Å². The minimum Gasteiger partial charge on any atom is -0.380 e. The average molecular weight is 269 g/mol. The molecule has 1 N–H and O–H groups in total. The summed E-state index contributed by atoms with van der Waals surface area (Å²) >= 11 is 5.99. The van der Waals surface area contributed by atoms with Crippen LogP contribution in [0.1, 0.15) is 5.56 Å². The van der Waals surface area contributed by atoms with Crippen molar-refractivity contribution in [1.29, 1.82) is 0 Å². The minimum absolute atomic E-state index is 0.752. The van der Waals surface area contributed by atoms with Crippen LogP contribution in [0.5, 0.6) is 0 Å². The van der Waals surface area contributed by atoms with Crippen molar-refractivity contribution in [1.82, 2.24) is 4.98 Å². The van der Waals surface area contributed by atoms with Crippen LogP contribution in [0.2, 0.25) is 5.02 Å². The van der Waals surface area contributed by atoms with Gasteiger partial charge in [-0.1, -0.05) is 35.9 Å². The molecule has 3 aromatic rings. The maximum Gasteiger partial charge on any atom is 0.0423 e. The first kappa shape index (κ1) is 12.0. The number of nitrogens with zero attached hydrogens (tertiary/aromatic N) is 1. The highest BCUT2D eigenvalue weighted by Gasteiger charge is 2.00. The standard InChI is InChI=1S/C16H13ClN2/c17-14-5-1-3-12(9-14)10-19-16-6-2-4-13-11-18-8-7-15(13)16/h1-9,11,19H,10H2. The second kappa shape index (κ2) is 5.29. The van der Waals surface area contributed by atoms with E-state index in [4.69, 9.17) is 11.6 Å². The Labute approximate surface area is 117 Å². The quantitative estimate of drug-likeness (QED) is 0.756. The van der Waals surface area contributed by atoms with E-state index in [2.05, 4.69) is 28.5 Å². The molecule has 2 aromatic carbocycles. The third-order valence-corrected chi connectivity index (χ3v) is 3.29. The first-order valence-electron chi connectivity index (χ1n) is 6.14. The van der Waals surface area contributed by atoms with Gasteiger partial charge in [0.2, 0.25) is 0 Å². The van der Waals surface area contributed by atoms with Gasteiger partial charge in [0, 0.05) is 40.4 Å². The summed E-state index contributed by atoms with van der Waals surface area (Å²) in [5.74, 6) is 0. The molecule has 0 saturated carbocycles. The number of hydrogen-bond acceptors (Lipinski definition) is 2. The van der Waals surface area contributed by atoms with Crippen molar-refractivity contribution in [3.63, 3.8) is 0 Å². The second-order valence-electron chi connectivity index (χ2n) is 4.39. The molecule has 0 fully saturated rings. The van der Waals surface area contributed by atoms with Gasteiger partial charge < -0.3 is 5.32 Å². The summed E-state index contributed by atoms with van der Waals surface area (Å²) in [6.45, 7) is 0.752. The highest BCUT2D eigenvalue weighted by molar-refractivity contribution is 6.30. The molecule has 1 heterocycles. The second-order valence-corrected chi connectivity index (χ2v) is 4.82. The average Bonchev–Trinajstić information content (AvgIpc) is 2.45. The molecular weight excluding hydrogens is 256 g/mol. The first-order chi connectivity index (χ1) is 9.33. The van der Waals surface area contributed by atoms with Crippen molar-refractivity contribution >= 4 is 28.1 Å². The minimum atomic E-state index is 0.752. The van der Waals surface area contributed by atoms with Crippen LogP contribution in [-0.2, 0) is 6.54 Å². The molecule has 19 heavy (non-hydrogen) atoms. The molecular formula is C16H13ClN2. The number of halogens is 1. The largest absolute Gasteiger partial charge is 0.380 e. The van der Waals surface area contributed by atoms with E-state index in [1.807, 2.05) is 42.7 Å². The van der Waals surface area contributed by atoms with Gasteiger partial charge in [-0.25, -0.2) is 0 Å². The molecule has 0 saturated heterocycles. The van der Waals surface area contributed by atoms with Gasteiger partial charge in [-0.3, -0.25) is 4.98 Å². The van der Waals surface area contributed by atoms with Crippen LogP contribution >= 0.6 is 11.6 Å². The Bertz CT molecular complexity index is 704. The summed E-state index contributed by atoms with van der Waals surface area (Å²) in [5, 5.41) is 6.53. The Morgan fingerprint density at radius 3 is 2.84 bits per heavy atom. The number of fused-ring (bicyclic) bond motifs is 1. The lowest BCUT2D eigenvalue weighted by Crippen LogP contribution is -1.99. The smallest absolute Gasteiger partial charge is 0.0423 e. The van der Waals surface area contributed by atoms with Crippen LogP contribution in [-0.4, -0.2) is 4.98 Å². The lowest BCUT2D eigenvalue weighted by atomic mass is 10.1. The number of rotatable bonds is 3. The van der Waals surface area contributed by atoms with Gasteiger partial charge in [0.1, 0.15) is 0 Å². The van der Waals surface area contributed by atoms with Crippen molar-refractivity contribution in [2.24, 2.45) is 0 Å². The van der Waals surface area contributed by atoms with Crippen molar-refractivity contribution in [2.75, 3.05) is 5.32 Å². The molecule has 0 radical (unpaired) electrons. The Hall–Kier alpha value is -2.06. The van der Waals surface area contributed by atoms with Gasteiger partial charge >= 0.3 is 0 Å². The molecule has 0 aliphatic carbocycles. The topological polar surface area (TPSA) is 24.9 Å². The molecule has 94 valence electrons. The molecule has 1 aromatic heterocycles. The summed E-state index contributed by atoms with van der Waals surface area (Å²) in [7, 11) is 0. The molecule has 0 bridgehead atoms. The molecule has 0 unspecified atom stereocenters. The Morgan fingerprint density at radius 1 is 1.05 bits per heavy atom. The highest BCUT2D eigenvalue weighted by atomic mass is 35.5. The molecule has 3 rings (SSSR count). The molecule has 3 heteroatoms. The maximum atomic E-state index is 5.99. The third kappa shape index (κ3) is 2.69. The first-order valence-corrected chi connectivity index (χ1v) is 6.52. The van der Waals surface area contributed by atoms with E-state index in [0.29, 0.717) is 0 Å². The number of anilines is 1. The molecule has 0 aliphatic rings. The summed E-state index contributed by atoms with van der Waals surface area (Å²) < 4.78 is 0. The van der Waals surface area contributed by atoms with E-state index in [1.165, 1.54) is 10.9 Å². The summed E-state index contributed by atoms with van der Waals surface area (Å²) in [6, 6.07) is 16.1. The van der Waals surface area contributed by atoms with Crippen molar-refractivity contribution < 1.29 is 0 Å². The fourth-order valence-electron chi connectivity index (χ4n) is 2.12. The van der Waals surface area contributed by atoms with Crippen molar-refractivity contribution in [3.05, 3.63) is 71.5 Å². The highest BCUT2D eigenvalue weighted by Crippen LogP contribution is 2.23. The zero-order valence-electron chi connectivity index (χ0n) is 10.3. The van der Waals surface area contributed by atoms with Gasteiger partial charge in [0.25, 0.3) is 0 Å². The van der Waals surface area contributed by atoms with E-state index in [-0.39, 0.29) is 0 Å². The zero-order chi connectivity index (χ0) is 13.1. The number of aromatic nitrogens is 1. The zero-order valence-corrected chi connectivity index (χ0v) is 11.1. The molecule has 0 atom stereocenters. The summed E-state index contributed by atoms with van der Waals surface area (Å²) in [6.07, 6.45) is 3.69. The van der Waals surface area contributed by atoms with Crippen LogP contribution in [0.25, 0.3) is 10.8 Å². The molecule has 0 amide bonds. The predicted molar refractivity (Wildman–Crippen MR) is 80.5 cm³/mol. The summed E-state index contributed by atoms with van der Waals surface area (Å²) in [4.78, 5) is 4.14. The van der Waals surface area contributed by atoms with E-state index < -0.39 is 0 Å². The van der Waals surface area contributed by atoms with Gasteiger partial charge in [-0.15, -0.1) is 0 Å². The maximum absolute atomic E-state index is 5.99. The predicted octanol–water partition coefficient (Wildman–Crippen LogP) is 4.50. The number of pyridine rings is 1. The van der Waals surface area contributed by atoms with Gasteiger partial charge in [0.15, 0.2) is 0 Å². The SMILES string of the molecule is Clc1cccc(CNc2cccc3cnccc23)c1. The van der Waals surface area contributed by atoms with Crippen LogP contribution in [0.3, 0.4) is 0 Å². The summed E-state index contributed by atoms with van der Waals surface area (Å²) in [5.41, 5.74) is 2.28. The third-order valence-electron chi connectivity index (χ3n) is 3.05. The van der Waals surface area contributed by atoms with Gasteiger partial charge in [0.05, 0.1) is 0 Å². The van der Waals surface area contributed by atoms with E-state index in [9.17, 15) is 0 Å². The van der Waals surface area contributed by atoms with Crippen LogP contribution in [0.4, 0.5) is 5.69 Å². The van der Waals surface area contributed by atoms with Crippen LogP contribution < -0.4 is 5.32 Å². The van der Waals surface area contributed by atoms with Gasteiger partial charge in [-0.2, -0.15) is 0 Å². The normalized spacial score (nSPS) is 10.6. The monoisotopic (exact) mass is 268 g/mol. The number of benzene rings is 2. The molecule has 0 aliphatic heterocycles. The number of nitrogens with one attached hydrogen (secondary N) is 1. The van der Waals surface area contributed by atoms with E-state index in [0.717, 1.165) is 22.6 Å². The van der Waals surface area contributed by atoms with Crippen LogP contribution in [0, 0.1) is 0 Å². The lowest BCUT2D eigenvalue weighted by molar-refractivity contribution is 1.15. The molecule has 2 nitrogen and oxygen atoms in total. The molecule has 0 spiro atoms. The Kier molecular flexibility index (Phi) is 3.34. The van der Waals surface area contributed by atoms with Crippen LogP contribution in [0.15, 0.2) is 60.9 Å².